The van der Waals surface area contributed by atoms with Crippen LogP contribution in [0.5, 0.6) is 0 Å². The molecule has 0 fully saturated rings. The predicted octanol–water partition coefficient (Wildman–Crippen LogP) is 3.22. The first-order valence-corrected chi connectivity index (χ1v) is 8.23. The largest absolute Gasteiger partial charge is 0.356 e. The van der Waals surface area contributed by atoms with Crippen LogP contribution in [0.25, 0.3) is 0 Å². The summed E-state index contributed by atoms with van der Waals surface area (Å²) in [5, 5.41) is 14.0. The average molecular weight is 320 g/mol. The van der Waals surface area contributed by atoms with Gasteiger partial charge in [0.1, 0.15) is 0 Å². The molecule has 0 atom stereocenters. The van der Waals surface area contributed by atoms with Crippen molar-refractivity contribution in [2.75, 3.05) is 27.2 Å². The van der Waals surface area contributed by atoms with E-state index in [1.807, 2.05) is 19.2 Å². The van der Waals surface area contributed by atoms with Gasteiger partial charge in [-0.3, -0.25) is 15.1 Å². The molecular formula is C17H28N4O2. The summed E-state index contributed by atoms with van der Waals surface area (Å²) in [6, 6.07) is 6.81. The number of hydrogen-bond acceptors (Lipinski definition) is 3. The van der Waals surface area contributed by atoms with Crippen LogP contribution in [0, 0.1) is 10.1 Å². The predicted molar refractivity (Wildman–Crippen MR) is 94.9 cm³/mol. The molecule has 1 N–H and O–H groups in total. The molecular weight excluding hydrogens is 292 g/mol. The third kappa shape index (κ3) is 7.13. The van der Waals surface area contributed by atoms with E-state index >= 15 is 0 Å². The van der Waals surface area contributed by atoms with Crippen molar-refractivity contribution in [3.05, 3.63) is 39.9 Å². The number of unbranched alkanes of at least 4 members (excludes halogenated alkanes) is 2. The summed E-state index contributed by atoms with van der Waals surface area (Å²) in [6.07, 6.45) is 5.36. The van der Waals surface area contributed by atoms with Gasteiger partial charge in [-0.1, -0.05) is 25.5 Å². The Hall–Kier alpha value is -2.11. The maximum absolute atomic E-state index is 10.6. The maximum Gasteiger partial charge on any atom is 0.269 e. The molecule has 0 amide bonds. The number of aliphatic imine (C=N–C) groups is 1. The Labute approximate surface area is 138 Å². The van der Waals surface area contributed by atoms with Gasteiger partial charge in [0.25, 0.3) is 5.69 Å². The standard InChI is InChI=1S/C17H28N4O2/c1-4-5-14-20(3)17(18-2)19-13-7-6-8-15-9-11-16(12-10-15)21(22)23/h9-12H,4-8,13-14H2,1-3H3,(H,18,19). The number of nitrogens with one attached hydrogen (secondary N) is 1. The monoisotopic (exact) mass is 320 g/mol. The lowest BCUT2D eigenvalue weighted by molar-refractivity contribution is -0.384. The Bertz CT molecular complexity index is 500. The van der Waals surface area contributed by atoms with Gasteiger partial charge in [-0.15, -0.1) is 0 Å². The highest BCUT2D eigenvalue weighted by molar-refractivity contribution is 5.79. The molecule has 0 saturated carbocycles. The zero-order chi connectivity index (χ0) is 17.1. The van der Waals surface area contributed by atoms with Crippen LogP contribution in [0.2, 0.25) is 0 Å². The van der Waals surface area contributed by atoms with Gasteiger partial charge in [0.05, 0.1) is 4.92 Å². The molecule has 0 unspecified atom stereocenters. The number of rotatable bonds is 9. The van der Waals surface area contributed by atoms with Crippen LogP contribution in [0.1, 0.15) is 38.2 Å². The summed E-state index contributed by atoms with van der Waals surface area (Å²) in [7, 11) is 3.86. The van der Waals surface area contributed by atoms with Crippen molar-refractivity contribution in [2.24, 2.45) is 4.99 Å². The summed E-state index contributed by atoms with van der Waals surface area (Å²) in [4.78, 5) is 16.7. The van der Waals surface area contributed by atoms with Crippen molar-refractivity contribution in [1.29, 1.82) is 0 Å². The van der Waals surface area contributed by atoms with Crippen LogP contribution in [-0.2, 0) is 6.42 Å². The number of non-ortho nitro benzene ring substituents is 1. The molecule has 6 nitrogen and oxygen atoms in total. The van der Waals surface area contributed by atoms with Gasteiger partial charge in [-0.05, 0) is 31.2 Å². The summed E-state index contributed by atoms with van der Waals surface area (Å²) in [5.74, 6) is 0.939. The zero-order valence-corrected chi connectivity index (χ0v) is 14.4. The van der Waals surface area contributed by atoms with Gasteiger partial charge in [0, 0.05) is 39.3 Å². The fourth-order valence-electron chi connectivity index (χ4n) is 2.32. The Kier molecular flexibility index (Phi) is 8.72. The van der Waals surface area contributed by atoms with Crippen molar-refractivity contribution in [3.63, 3.8) is 0 Å². The molecule has 1 rings (SSSR count). The first-order chi connectivity index (χ1) is 11.1. The highest BCUT2D eigenvalue weighted by Gasteiger charge is 2.05. The lowest BCUT2D eigenvalue weighted by Gasteiger charge is -2.21. The molecule has 23 heavy (non-hydrogen) atoms. The van der Waals surface area contributed by atoms with E-state index in [1.54, 1.807) is 12.1 Å². The van der Waals surface area contributed by atoms with Crippen molar-refractivity contribution < 1.29 is 4.92 Å². The second-order valence-corrected chi connectivity index (χ2v) is 5.63. The molecule has 128 valence electrons. The molecule has 6 heteroatoms. The van der Waals surface area contributed by atoms with E-state index in [0.29, 0.717) is 0 Å². The Morgan fingerprint density at radius 3 is 2.52 bits per heavy atom. The van der Waals surface area contributed by atoms with E-state index in [0.717, 1.165) is 50.3 Å². The lowest BCUT2D eigenvalue weighted by atomic mass is 10.1. The van der Waals surface area contributed by atoms with Crippen molar-refractivity contribution >= 4 is 11.6 Å². The molecule has 1 aromatic carbocycles. The summed E-state index contributed by atoms with van der Waals surface area (Å²) < 4.78 is 0. The van der Waals surface area contributed by atoms with E-state index in [4.69, 9.17) is 0 Å². The molecule has 0 heterocycles. The van der Waals surface area contributed by atoms with E-state index in [-0.39, 0.29) is 10.6 Å². The van der Waals surface area contributed by atoms with Crippen LogP contribution in [-0.4, -0.2) is 43.0 Å². The Balaban J connectivity index is 2.25. The SMILES string of the molecule is CCCCN(C)C(=NC)NCCCCc1ccc([N+](=O)[O-])cc1. The highest BCUT2D eigenvalue weighted by Crippen LogP contribution is 2.13. The molecule has 0 aliphatic carbocycles. The summed E-state index contributed by atoms with van der Waals surface area (Å²) in [6.45, 7) is 4.08. The molecule has 0 aliphatic rings. The molecule has 0 bridgehead atoms. The second-order valence-electron chi connectivity index (χ2n) is 5.63. The normalized spacial score (nSPS) is 11.3. The third-order valence-corrected chi connectivity index (χ3v) is 3.74. The van der Waals surface area contributed by atoms with Crippen LogP contribution >= 0.6 is 0 Å². The molecule has 0 spiro atoms. The van der Waals surface area contributed by atoms with Crippen molar-refractivity contribution in [3.8, 4) is 0 Å². The van der Waals surface area contributed by atoms with Crippen molar-refractivity contribution in [1.82, 2.24) is 10.2 Å². The zero-order valence-electron chi connectivity index (χ0n) is 14.4. The third-order valence-electron chi connectivity index (χ3n) is 3.74. The van der Waals surface area contributed by atoms with Crippen molar-refractivity contribution in [2.45, 2.75) is 39.0 Å². The quantitative estimate of drug-likeness (QED) is 0.249. The fraction of sp³-hybridized carbons (Fsp3) is 0.588. The minimum atomic E-state index is -0.367. The summed E-state index contributed by atoms with van der Waals surface area (Å²) in [5.41, 5.74) is 1.29. The first-order valence-electron chi connectivity index (χ1n) is 8.23. The molecule has 0 radical (unpaired) electrons. The van der Waals surface area contributed by atoms with Crippen LogP contribution < -0.4 is 5.32 Å². The number of hydrogen-bond donors (Lipinski definition) is 1. The van der Waals surface area contributed by atoms with Gasteiger partial charge in [0.15, 0.2) is 5.96 Å². The molecule has 1 aromatic rings. The smallest absolute Gasteiger partial charge is 0.269 e. The van der Waals surface area contributed by atoms with Gasteiger partial charge < -0.3 is 10.2 Å². The minimum absolute atomic E-state index is 0.148. The highest BCUT2D eigenvalue weighted by atomic mass is 16.6. The van der Waals surface area contributed by atoms with Crippen LogP contribution in [0.3, 0.4) is 0 Å². The average Bonchev–Trinajstić information content (AvgIpc) is 2.56. The van der Waals surface area contributed by atoms with Crippen LogP contribution in [0.4, 0.5) is 5.69 Å². The number of nitrogens with zero attached hydrogens (tertiary/aromatic N) is 3. The summed E-state index contributed by atoms with van der Waals surface area (Å²) >= 11 is 0. The molecule has 0 saturated heterocycles. The molecule has 0 aromatic heterocycles. The van der Waals surface area contributed by atoms with E-state index in [2.05, 4.69) is 29.2 Å². The topological polar surface area (TPSA) is 70.8 Å². The number of nitro groups is 1. The van der Waals surface area contributed by atoms with E-state index < -0.39 is 0 Å². The first kappa shape index (κ1) is 18.9. The van der Waals surface area contributed by atoms with E-state index in [9.17, 15) is 10.1 Å². The Morgan fingerprint density at radius 1 is 1.26 bits per heavy atom. The van der Waals surface area contributed by atoms with Gasteiger partial charge in [-0.2, -0.15) is 0 Å². The number of nitro benzene ring substituents is 1. The maximum atomic E-state index is 10.6. The van der Waals surface area contributed by atoms with Gasteiger partial charge in [-0.25, -0.2) is 0 Å². The number of aryl methyl sites for hydroxylation is 1. The Morgan fingerprint density at radius 2 is 1.96 bits per heavy atom. The van der Waals surface area contributed by atoms with Crippen LogP contribution in [0.15, 0.2) is 29.3 Å². The minimum Gasteiger partial charge on any atom is -0.356 e. The lowest BCUT2D eigenvalue weighted by Crippen LogP contribution is -2.39. The van der Waals surface area contributed by atoms with Gasteiger partial charge >= 0.3 is 0 Å². The molecule has 0 aliphatic heterocycles. The number of guanidine groups is 1. The number of benzene rings is 1. The fourth-order valence-corrected chi connectivity index (χ4v) is 2.32. The van der Waals surface area contributed by atoms with Gasteiger partial charge in [0.2, 0.25) is 0 Å². The van der Waals surface area contributed by atoms with E-state index in [1.165, 1.54) is 6.42 Å². The second kappa shape index (κ2) is 10.6.